The van der Waals surface area contributed by atoms with E-state index in [0.29, 0.717) is 0 Å². The molecular formula is C28H35N3S. The first kappa shape index (κ1) is 22.7. The van der Waals surface area contributed by atoms with E-state index >= 15 is 0 Å². The largest absolute Gasteiger partial charge is 0.366 e. The SMILES string of the molecule is CCN(C)/C=N/c1cc(C)c(Cc2nc(-c3ccc4c(c3)CCCCCC4)cs2)cc1C. The molecule has 4 rings (SSSR count). The highest BCUT2D eigenvalue weighted by molar-refractivity contribution is 7.10. The van der Waals surface area contributed by atoms with Crippen LogP contribution in [0.25, 0.3) is 11.3 Å². The van der Waals surface area contributed by atoms with Crippen LogP contribution >= 0.6 is 11.3 Å². The van der Waals surface area contributed by atoms with E-state index in [2.05, 4.69) is 66.4 Å². The second kappa shape index (κ2) is 10.4. The Morgan fingerprint density at radius 3 is 2.56 bits per heavy atom. The van der Waals surface area contributed by atoms with E-state index in [1.165, 1.54) is 71.3 Å². The number of aryl methyl sites for hydroxylation is 4. The first-order valence-corrected chi connectivity index (χ1v) is 12.8. The molecule has 0 unspecified atom stereocenters. The molecule has 0 saturated heterocycles. The van der Waals surface area contributed by atoms with Gasteiger partial charge in [-0.25, -0.2) is 9.98 Å². The maximum atomic E-state index is 5.01. The minimum absolute atomic E-state index is 0.876. The predicted molar refractivity (Wildman–Crippen MR) is 139 cm³/mol. The molecular weight excluding hydrogens is 410 g/mol. The summed E-state index contributed by atoms with van der Waals surface area (Å²) in [6.07, 6.45) is 10.6. The van der Waals surface area contributed by atoms with Crippen LogP contribution in [0.4, 0.5) is 5.69 Å². The third-order valence-electron chi connectivity index (χ3n) is 6.58. The Balaban J connectivity index is 1.52. The molecule has 32 heavy (non-hydrogen) atoms. The Kier molecular flexibility index (Phi) is 7.41. The van der Waals surface area contributed by atoms with Crippen molar-refractivity contribution in [3.8, 4) is 11.3 Å². The van der Waals surface area contributed by atoms with Crippen LogP contribution in [-0.4, -0.2) is 29.8 Å². The smallest absolute Gasteiger partial charge is 0.0976 e. The Bertz CT molecular complexity index is 1100. The van der Waals surface area contributed by atoms with Gasteiger partial charge in [-0.3, -0.25) is 0 Å². The van der Waals surface area contributed by atoms with Crippen molar-refractivity contribution in [1.82, 2.24) is 9.88 Å². The maximum absolute atomic E-state index is 5.01. The molecule has 0 amide bonds. The Morgan fingerprint density at radius 1 is 1.00 bits per heavy atom. The van der Waals surface area contributed by atoms with Crippen LogP contribution in [0.5, 0.6) is 0 Å². The Morgan fingerprint density at radius 2 is 1.78 bits per heavy atom. The second-order valence-electron chi connectivity index (χ2n) is 9.08. The van der Waals surface area contributed by atoms with Crippen LogP contribution < -0.4 is 0 Å². The summed E-state index contributed by atoms with van der Waals surface area (Å²) in [5.74, 6) is 0. The molecule has 1 aliphatic rings. The highest BCUT2D eigenvalue weighted by atomic mass is 32.1. The number of hydrogen-bond donors (Lipinski definition) is 0. The molecule has 1 aromatic heterocycles. The lowest BCUT2D eigenvalue weighted by molar-refractivity contribution is 0.552. The lowest BCUT2D eigenvalue weighted by Gasteiger charge is -2.14. The molecule has 2 aromatic carbocycles. The van der Waals surface area contributed by atoms with Crippen molar-refractivity contribution >= 4 is 23.4 Å². The number of aromatic nitrogens is 1. The van der Waals surface area contributed by atoms with Gasteiger partial charge in [0.05, 0.1) is 22.7 Å². The van der Waals surface area contributed by atoms with Gasteiger partial charge in [-0.1, -0.05) is 31.0 Å². The van der Waals surface area contributed by atoms with Crippen molar-refractivity contribution in [2.45, 2.75) is 65.7 Å². The van der Waals surface area contributed by atoms with E-state index in [9.17, 15) is 0 Å². The third-order valence-corrected chi connectivity index (χ3v) is 7.43. The van der Waals surface area contributed by atoms with E-state index in [-0.39, 0.29) is 0 Å². The summed E-state index contributed by atoms with van der Waals surface area (Å²) < 4.78 is 0. The quantitative estimate of drug-likeness (QED) is 0.294. The summed E-state index contributed by atoms with van der Waals surface area (Å²) in [7, 11) is 2.05. The number of fused-ring (bicyclic) bond motifs is 1. The van der Waals surface area contributed by atoms with Crippen molar-refractivity contribution in [3.05, 3.63) is 68.5 Å². The van der Waals surface area contributed by atoms with Gasteiger partial charge in [0.1, 0.15) is 0 Å². The number of aliphatic imine (C=N–C) groups is 1. The standard InChI is InChI=1S/C28H35N3S/c1-5-31(4)19-29-26-15-20(2)25(14-21(26)3)17-28-30-27(18-32-28)24-13-12-22-10-8-6-7-9-11-23(22)16-24/h12-16,18-19H,5-11,17H2,1-4H3/b29-19+. The van der Waals surface area contributed by atoms with Gasteiger partial charge in [0, 0.05) is 31.0 Å². The van der Waals surface area contributed by atoms with Gasteiger partial charge in [0.25, 0.3) is 0 Å². The number of thiazole rings is 1. The van der Waals surface area contributed by atoms with Gasteiger partial charge >= 0.3 is 0 Å². The van der Waals surface area contributed by atoms with Crippen LogP contribution in [-0.2, 0) is 19.3 Å². The lowest BCUT2D eigenvalue weighted by Crippen LogP contribution is -2.14. The highest BCUT2D eigenvalue weighted by Gasteiger charge is 2.12. The fourth-order valence-corrected chi connectivity index (χ4v) is 5.19. The first-order chi connectivity index (χ1) is 15.5. The molecule has 1 heterocycles. The number of nitrogens with zero attached hydrogens (tertiary/aromatic N) is 3. The zero-order valence-corrected chi connectivity index (χ0v) is 20.8. The summed E-state index contributed by atoms with van der Waals surface area (Å²) in [6, 6.07) is 11.5. The van der Waals surface area contributed by atoms with Crippen LogP contribution in [0.3, 0.4) is 0 Å². The van der Waals surface area contributed by atoms with Gasteiger partial charge in [-0.15, -0.1) is 11.3 Å². The second-order valence-corrected chi connectivity index (χ2v) is 10.0. The Hall–Kier alpha value is -2.46. The minimum Gasteiger partial charge on any atom is -0.366 e. The molecule has 3 aromatic rings. The summed E-state index contributed by atoms with van der Waals surface area (Å²) in [5.41, 5.74) is 10.3. The summed E-state index contributed by atoms with van der Waals surface area (Å²) in [4.78, 5) is 11.8. The summed E-state index contributed by atoms with van der Waals surface area (Å²) in [6.45, 7) is 7.41. The van der Waals surface area contributed by atoms with Crippen molar-refractivity contribution in [3.63, 3.8) is 0 Å². The average molecular weight is 446 g/mol. The molecule has 168 valence electrons. The molecule has 0 aliphatic heterocycles. The van der Waals surface area contributed by atoms with Gasteiger partial charge < -0.3 is 4.90 Å². The average Bonchev–Trinajstić information content (AvgIpc) is 3.23. The highest BCUT2D eigenvalue weighted by Crippen LogP contribution is 2.30. The fraction of sp³-hybridized carbons (Fsp3) is 0.429. The van der Waals surface area contributed by atoms with Gasteiger partial charge in [0.2, 0.25) is 0 Å². The van der Waals surface area contributed by atoms with Gasteiger partial charge in [0.15, 0.2) is 0 Å². The van der Waals surface area contributed by atoms with Crippen molar-refractivity contribution in [2.75, 3.05) is 13.6 Å². The maximum Gasteiger partial charge on any atom is 0.0976 e. The van der Waals surface area contributed by atoms with Crippen LogP contribution in [0.2, 0.25) is 0 Å². The van der Waals surface area contributed by atoms with E-state index in [0.717, 1.165) is 24.3 Å². The number of benzene rings is 2. The Labute approximate surface area is 197 Å². The molecule has 0 atom stereocenters. The monoisotopic (exact) mass is 445 g/mol. The molecule has 0 saturated carbocycles. The molecule has 0 bridgehead atoms. The molecule has 0 radical (unpaired) electrons. The van der Waals surface area contributed by atoms with Crippen molar-refractivity contribution in [2.24, 2.45) is 4.99 Å². The number of hydrogen-bond acceptors (Lipinski definition) is 3. The van der Waals surface area contributed by atoms with Crippen LogP contribution in [0.15, 0.2) is 40.7 Å². The summed E-state index contributed by atoms with van der Waals surface area (Å²) in [5, 5.41) is 3.40. The molecule has 3 nitrogen and oxygen atoms in total. The number of rotatable bonds is 6. The minimum atomic E-state index is 0.876. The van der Waals surface area contributed by atoms with E-state index in [1.807, 2.05) is 13.4 Å². The molecule has 1 aliphatic carbocycles. The van der Waals surface area contributed by atoms with Gasteiger partial charge in [-0.2, -0.15) is 0 Å². The fourth-order valence-electron chi connectivity index (χ4n) is 4.37. The topological polar surface area (TPSA) is 28.5 Å². The normalized spacial score (nSPS) is 14.2. The molecule has 4 heteroatoms. The van der Waals surface area contributed by atoms with Crippen LogP contribution in [0, 0.1) is 13.8 Å². The van der Waals surface area contributed by atoms with Crippen LogP contribution in [0.1, 0.15) is 65.4 Å². The van der Waals surface area contributed by atoms with Crippen molar-refractivity contribution in [1.29, 1.82) is 0 Å². The first-order valence-electron chi connectivity index (χ1n) is 11.9. The van der Waals surface area contributed by atoms with E-state index in [4.69, 9.17) is 4.98 Å². The molecule has 0 N–H and O–H groups in total. The zero-order valence-electron chi connectivity index (χ0n) is 19.9. The molecule has 0 spiro atoms. The molecule has 0 fully saturated rings. The van der Waals surface area contributed by atoms with E-state index in [1.54, 1.807) is 16.9 Å². The van der Waals surface area contributed by atoms with Gasteiger partial charge in [-0.05, 0) is 86.4 Å². The third kappa shape index (κ3) is 5.47. The zero-order chi connectivity index (χ0) is 22.5. The lowest BCUT2D eigenvalue weighted by atomic mass is 9.91. The van der Waals surface area contributed by atoms with E-state index < -0.39 is 0 Å². The predicted octanol–water partition coefficient (Wildman–Crippen LogP) is 7.29. The summed E-state index contributed by atoms with van der Waals surface area (Å²) >= 11 is 1.77. The van der Waals surface area contributed by atoms with Crippen molar-refractivity contribution < 1.29 is 0 Å².